The Balaban J connectivity index is 0.860. The molecule has 0 fully saturated rings. The highest BCUT2D eigenvalue weighted by Gasteiger charge is 2.41. The number of rotatable bonds is 8. The summed E-state index contributed by atoms with van der Waals surface area (Å²) in [7, 11) is 0. The van der Waals surface area contributed by atoms with Crippen LogP contribution in [0.3, 0.4) is 0 Å². The lowest BCUT2D eigenvalue weighted by Crippen LogP contribution is -2.27. The Hall–Kier alpha value is -10.0. The molecule has 2 atom stereocenters. The second-order valence-electron chi connectivity index (χ2n) is 18.0. The Labute approximate surface area is 416 Å². The smallest absolute Gasteiger partial charge is 0.187 e. The average Bonchev–Trinajstić information content (AvgIpc) is 3.47. The summed E-state index contributed by atoms with van der Waals surface area (Å²) in [5.74, 6) is 3.55. The Morgan fingerprint density at radius 1 is 0.306 bits per heavy atom. The number of benzene rings is 9. The molecule has 2 unspecified atom stereocenters. The molecular weight excluding hydrogens is 881 g/mol. The van der Waals surface area contributed by atoms with Crippen molar-refractivity contribution in [3.8, 4) is 96.7 Å². The monoisotopic (exact) mass is 918 g/mol. The van der Waals surface area contributed by atoms with Gasteiger partial charge < -0.3 is 0 Å². The summed E-state index contributed by atoms with van der Waals surface area (Å²) in [5.41, 5.74) is 18.7. The SMILES string of the molecule is [C-]#[N+]c1ccc(-c2nc(-c3ccccc3)nc(-c3cccc(-c4ccc5c(c4)C4c6ccccc6C5c5cc(-c6cccc(-c7nc(-c8ccccc8)nc(-c8ccc(C#N)cc8)n7)c6)ccc54)c3)n2)cc1. The van der Waals surface area contributed by atoms with Crippen molar-refractivity contribution in [2.45, 2.75) is 11.8 Å². The van der Waals surface area contributed by atoms with Crippen LogP contribution in [-0.4, -0.2) is 29.9 Å². The number of nitriles is 1. The topological polar surface area (TPSA) is 105 Å². The minimum atomic E-state index is 0.0653. The van der Waals surface area contributed by atoms with E-state index in [4.69, 9.17) is 36.5 Å². The van der Waals surface area contributed by atoms with Gasteiger partial charge in [-0.25, -0.2) is 34.7 Å². The van der Waals surface area contributed by atoms with Gasteiger partial charge in [0.05, 0.1) is 18.2 Å². The standard InChI is InChI=1S/C64H38N8/c1-66-50-30-26-43(27-31-50)62-68-60(41-14-6-3-7-15-41)70-64(72-62)49-19-11-17-45(35-49)47-29-33-54-56(37-47)58-52-21-9-8-20-51(52)57(54)55-36-46(28-32-53(55)58)44-16-10-18-48(34-44)63-69-59(40-12-4-2-5-13-40)67-61(71-63)42-24-22-39(38-65)23-25-42/h2-37,57-58H. The molecular formula is C64H38N8. The van der Waals surface area contributed by atoms with E-state index in [1.807, 2.05) is 84.9 Å². The van der Waals surface area contributed by atoms with Gasteiger partial charge in [0, 0.05) is 45.2 Å². The van der Waals surface area contributed by atoms with Gasteiger partial charge in [-0.3, -0.25) is 0 Å². The molecule has 9 aromatic carbocycles. The first kappa shape index (κ1) is 42.1. The predicted molar refractivity (Wildman–Crippen MR) is 282 cm³/mol. The summed E-state index contributed by atoms with van der Waals surface area (Å²) in [5, 5.41) is 9.44. The summed E-state index contributed by atoms with van der Waals surface area (Å²) in [4.78, 5) is 33.4. The van der Waals surface area contributed by atoms with Crippen LogP contribution in [0.15, 0.2) is 218 Å². The van der Waals surface area contributed by atoms with E-state index in [0.29, 0.717) is 46.2 Å². The van der Waals surface area contributed by atoms with E-state index >= 15 is 0 Å². The summed E-state index contributed by atoms with van der Waals surface area (Å²) in [6.07, 6.45) is 0. The van der Waals surface area contributed by atoms with E-state index in [1.165, 1.54) is 33.4 Å². The van der Waals surface area contributed by atoms with Crippen molar-refractivity contribution in [1.82, 2.24) is 29.9 Å². The van der Waals surface area contributed by atoms with Crippen molar-refractivity contribution in [2.75, 3.05) is 0 Å². The molecule has 14 rings (SSSR count). The summed E-state index contributed by atoms with van der Waals surface area (Å²) >= 11 is 0. The van der Waals surface area contributed by atoms with Gasteiger partial charge in [-0.1, -0.05) is 170 Å². The quantitative estimate of drug-likeness (QED) is 0.140. The van der Waals surface area contributed by atoms with Gasteiger partial charge in [-0.15, -0.1) is 0 Å². The maximum atomic E-state index is 9.44. The highest BCUT2D eigenvalue weighted by Crippen LogP contribution is 2.57. The van der Waals surface area contributed by atoms with Gasteiger partial charge in [-0.2, -0.15) is 5.26 Å². The Bertz CT molecular complexity index is 3740. The molecule has 2 heterocycles. The van der Waals surface area contributed by atoms with Crippen molar-refractivity contribution in [2.24, 2.45) is 0 Å². The molecule has 2 bridgehead atoms. The van der Waals surface area contributed by atoms with Gasteiger partial charge >= 0.3 is 0 Å². The Kier molecular flexibility index (Phi) is 10.2. The lowest BCUT2D eigenvalue weighted by atomic mass is 9.60. The lowest BCUT2D eigenvalue weighted by molar-refractivity contribution is 0.755. The molecule has 0 aliphatic heterocycles. The largest absolute Gasteiger partial charge is 0.238 e. The molecule has 72 heavy (non-hydrogen) atoms. The number of nitrogens with zero attached hydrogens (tertiary/aromatic N) is 8. The molecule has 3 aliphatic rings. The van der Waals surface area contributed by atoms with Crippen LogP contribution in [0.5, 0.6) is 0 Å². The average molecular weight is 919 g/mol. The van der Waals surface area contributed by atoms with Crippen LogP contribution in [0, 0.1) is 17.9 Å². The van der Waals surface area contributed by atoms with Gasteiger partial charge in [0.25, 0.3) is 0 Å². The van der Waals surface area contributed by atoms with Crippen molar-refractivity contribution in [3.05, 3.63) is 269 Å². The second-order valence-corrected chi connectivity index (χ2v) is 18.0. The second kappa shape index (κ2) is 17.5. The fourth-order valence-electron chi connectivity index (χ4n) is 10.3. The molecule has 2 aromatic heterocycles. The third-order valence-corrected chi connectivity index (χ3v) is 13.8. The molecule has 0 radical (unpaired) electrons. The van der Waals surface area contributed by atoms with Crippen LogP contribution in [0.2, 0.25) is 0 Å². The van der Waals surface area contributed by atoms with E-state index in [-0.39, 0.29) is 11.8 Å². The third-order valence-electron chi connectivity index (χ3n) is 13.8. The van der Waals surface area contributed by atoms with E-state index in [9.17, 15) is 5.26 Å². The molecule has 3 aliphatic carbocycles. The van der Waals surface area contributed by atoms with Crippen LogP contribution in [0.1, 0.15) is 50.8 Å². The van der Waals surface area contributed by atoms with E-state index < -0.39 is 0 Å². The maximum absolute atomic E-state index is 9.44. The zero-order valence-corrected chi connectivity index (χ0v) is 38.5. The minimum absolute atomic E-state index is 0.0653. The van der Waals surface area contributed by atoms with Crippen LogP contribution in [0.25, 0.3) is 95.4 Å². The van der Waals surface area contributed by atoms with Crippen LogP contribution in [0.4, 0.5) is 5.69 Å². The van der Waals surface area contributed by atoms with Crippen LogP contribution >= 0.6 is 0 Å². The normalized spacial score (nSPS) is 13.8. The molecule has 334 valence electrons. The molecule has 8 heteroatoms. The highest BCUT2D eigenvalue weighted by molar-refractivity contribution is 5.79. The third kappa shape index (κ3) is 7.48. The van der Waals surface area contributed by atoms with Crippen molar-refractivity contribution in [1.29, 1.82) is 5.26 Å². The zero-order chi connectivity index (χ0) is 48.1. The van der Waals surface area contributed by atoms with Crippen molar-refractivity contribution < 1.29 is 0 Å². The van der Waals surface area contributed by atoms with Crippen molar-refractivity contribution in [3.63, 3.8) is 0 Å². The van der Waals surface area contributed by atoms with Gasteiger partial charge in [0.1, 0.15) is 0 Å². The first-order chi connectivity index (χ1) is 35.5. The van der Waals surface area contributed by atoms with Gasteiger partial charge in [0.15, 0.2) is 40.6 Å². The van der Waals surface area contributed by atoms with Crippen molar-refractivity contribution >= 4 is 5.69 Å². The van der Waals surface area contributed by atoms with Gasteiger partial charge in [-0.05, 0) is 104 Å². The first-order valence-corrected chi connectivity index (χ1v) is 23.7. The summed E-state index contributed by atoms with van der Waals surface area (Å²) in [6, 6.07) is 76.6. The van der Waals surface area contributed by atoms with Gasteiger partial charge in [0.2, 0.25) is 0 Å². The van der Waals surface area contributed by atoms with Crippen LogP contribution < -0.4 is 0 Å². The molecule has 0 saturated carbocycles. The maximum Gasteiger partial charge on any atom is 0.187 e. The molecule has 0 saturated heterocycles. The summed E-state index contributed by atoms with van der Waals surface area (Å²) in [6.45, 7) is 7.44. The molecule has 0 N–H and O–H groups in total. The highest BCUT2D eigenvalue weighted by atomic mass is 15.0. The fourth-order valence-corrected chi connectivity index (χ4v) is 10.3. The lowest BCUT2D eigenvalue weighted by Gasteiger charge is -2.42. The molecule has 11 aromatic rings. The predicted octanol–water partition coefficient (Wildman–Crippen LogP) is 14.8. The van der Waals surface area contributed by atoms with E-state index in [0.717, 1.165) is 55.6 Å². The van der Waals surface area contributed by atoms with E-state index in [2.05, 4.69) is 120 Å². The number of hydrogen-bond acceptors (Lipinski definition) is 7. The zero-order valence-electron chi connectivity index (χ0n) is 38.5. The molecule has 0 spiro atoms. The Morgan fingerprint density at radius 3 is 1.04 bits per heavy atom. The number of aromatic nitrogens is 6. The Morgan fingerprint density at radius 2 is 0.625 bits per heavy atom. The summed E-state index contributed by atoms with van der Waals surface area (Å²) < 4.78 is 0. The minimum Gasteiger partial charge on any atom is -0.238 e. The molecule has 0 amide bonds. The van der Waals surface area contributed by atoms with E-state index in [1.54, 1.807) is 24.3 Å². The number of hydrogen-bond donors (Lipinski definition) is 0. The molecule has 8 nitrogen and oxygen atoms in total. The fraction of sp³-hybridized carbons (Fsp3) is 0.0312. The van der Waals surface area contributed by atoms with Crippen LogP contribution in [-0.2, 0) is 0 Å². The first-order valence-electron chi connectivity index (χ1n) is 23.7.